The van der Waals surface area contributed by atoms with Gasteiger partial charge in [-0.15, -0.1) is 11.8 Å². The molecule has 0 N–H and O–H groups in total. The van der Waals surface area contributed by atoms with Crippen LogP contribution in [0.15, 0.2) is 35.4 Å². The third-order valence-corrected chi connectivity index (χ3v) is 4.82. The fourth-order valence-corrected chi connectivity index (χ4v) is 3.14. The van der Waals surface area contributed by atoms with Gasteiger partial charge in [-0.1, -0.05) is 6.92 Å². The van der Waals surface area contributed by atoms with Crippen molar-refractivity contribution in [3.05, 3.63) is 53.0 Å². The summed E-state index contributed by atoms with van der Waals surface area (Å²) in [6, 6.07) is 7.54. The molecule has 0 saturated heterocycles. The molecule has 3 rings (SSSR count). The van der Waals surface area contributed by atoms with Gasteiger partial charge in [-0.25, -0.2) is 4.98 Å². The zero-order valence-corrected chi connectivity index (χ0v) is 15.0. The summed E-state index contributed by atoms with van der Waals surface area (Å²) in [7, 11) is 1.60. The van der Waals surface area contributed by atoms with Gasteiger partial charge < -0.3 is 4.74 Å². The van der Waals surface area contributed by atoms with Crippen molar-refractivity contribution in [3.8, 4) is 5.88 Å². The quantitative estimate of drug-likeness (QED) is 0.524. The Kier molecular flexibility index (Phi) is 4.57. The number of carbonyl (C=O) groups excluding carboxylic acids is 1. The van der Waals surface area contributed by atoms with Crippen LogP contribution >= 0.6 is 11.8 Å². The predicted octanol–water partition coefficient (Wildman–Crippen LogP) is 3.56. The number of thioether (sulfide) groups is 1. The van der Waals surface area contributed by atoms with Gasteiger partial charge in [0.25, 0.3) is 0 Å². The van der Waals surface area contributed by atoms with Crippen LogP contribution in [0.2, 0.25) is 0 Å². The molecule has 0 fully saturated rings. The Morgan fingerprint density at radius 3 is 2.54 bits per heavy atom. The maximum Gasteiger partial charge on any atom is 0.237 e. The summed E-state index contributed by atoms with van der Waals surface area (Å²) in [4.78, 5) is 22.6. The van der Waals surface area contributed by atoms with Crippen molar-refractivity contribution in [1.82, 2.24) is 14.4 Å². The molecule has 5 nitrogen and oxygen atoms in total. The van der Waals surface area contributed by atoms with Gasteiger partial charge in [-0.2, -0.15) is 4.98 Å². The molecule has 2 aromatic heterocycles. The standard InChI is InChI=1S/C18H19N3O2S/c1-5-14-11(2)21-10-15(19-18(21)20-17(14)23-3)16(22)12-6-8-13(24-4)9-7-12/h6-10H,5H2,1-4H3. The molecule has 1 aromatic carbocycles. The van der Waals surface area contributed by atoms with Crippen LogP contribution in [0.1, 0.15) is 34.2 Å². The van der Waals surface area contributed by atoms with E-state index >= 15 is 0 Å². The fraction of sp³-hybridized carbons (Fsp3) is 0.278. The van der Waals surface area contributed by atoms with Crippen molar-refractivity contribution in [2.45, 2.75) is 25.2 Å². The van der Waals surface area contributed by atoms with E-state index < -0.39 is 0 Å². The van der Waals surface area contributed by atoms with E-state index in [-0.39, 0.29) is 5.78 Å². The van der Waals surface area contributed by atoms with Crippen LogP contribution in [0.3, 0.4) is 0 Å². The number of carbonyl (C=O) groups is 1. The van der Waals surface area contributed by atoms with Gasteiger partial charge >= 0.3 is 0 Å². The molecule has 24 heavy (non-hydrogen) atoms. The second-order valence-electron chi connectivity index (χ2n) is 5.39. The van der Waals surface area contributed by atoms with Gasteiger partial charge in [0.1, 0.15) is 5.69 Å². The van der Waals surface area contributed by atoms with Gasteiger partial charge in [0.05, 0.1) is 7.11 Å². The summed E-state index contributed by atoms with van der Waals surface area (Å²) < 4.78 is 7.21. The lowest BCUT2D eigenvalue weighted by Crippen LogP contribution is -2.03. The van der Waals surface area contributed by atoms with E-state index in [2.05, 4.69) is 16.9 Å². The summed E-state index contributed by atoms with van der Waals surface area (Å²) in [5, 5.41) is 0. The van der Waals surface area contributed by atoms with Crippen molar-refractivity contribution >= 4 is 23.3 Å². The highest BCUT2D eigenvalue weighted by Crippen LogP contribution is 2.23. The third kappa shape index (κ3) is 2.78. The average molecular weight is 341 g/mol. The van der Waals surface area contributed by atoms with Gasteiger partial charge in [-0.05, 0) is 43.9 Å². The summed E-state index contributed by atoms with van der Waals surface area (Å²) >= 11 is 1.64. The number of imidazole rings is 1. The molecule has 6 heteroatoms. The molecular weight excluding hydrogens is 322 g/mol. The highest BCUT2D eigenvalue weighted by atomic mass is 32.2. The fourth-order valence-electron chi connectivity index (χ4n) is 2.73. The lowest BCUT2D eigenvalue weighted by molar-refractivity contribution is 0.103. The first-order chi connectivity index (χ1) is 11.6. The molecule has 0 aliphatic heterocycles. The van der Waals surface area contributed by atoms with E-state index in [1.807, 2.05) is 41.8 Å². The van der Waals surface area contributed by atoms with Gasteiger partial charge in [0, 0.05) is 27.9 Å². The lowest BCUT2D eigenvalue weighted by Gasteiger charge is -2.10. The minimum atomic E-state index is -0.107. The Labute approximate surface area is 145 Å². The van der Waals surface area contributed by atoms with E-state index in [9.17, 15) is 4.79 Å². The maximum absolute atomic E-state index is 12.7. The zero-order chi connectivity index (χ0) is 17.3. The number of methoxy groups -OCH3 is 1. The number of rotatable bonds is 5. The summed E-state index contributed by atoms with van der Waals surface area (Å²) in [5.74, 6) is 0.937. The van der Waals surface area contributed by atoms with E-state index in [0.717, 1.165) is 22.6 Å². The Hall–Kier alpha value is -2.34. The monoisotopic (exact) mass is 341 g/mol. The average Bonchev–Trinajstić information content (AvgIpc) is 3.05. The molecule has 0 unspecified atom stereocenters. The van der Waals surface area contributed by atoms with Crippen LogP contribution in [-0.2, 0) is 6.42 Å². The molecule has 0 spiro atoms. The van der Waals surface area contributed by atoms with Crippen LogP contribution < -0.4 is 4.74 Å². The molecule has 0 atom stereocenters. The number of aromatic nitrogens is 3. The Bertz CT molecular complexity index is 901. The first kappa shape index (κ1) is 16.5. The Balaban J connectivity index is 2.06. The van der Waals surface area contributed by atoms with Crippen molar-refractivity contribution in [1.29, 1.82) is 0 Å². The summed E-state index contributed by atoms with van der Waals surface area (Å²) in [6.45, 7) is 4.04. The number of aryl methyl sites for hydroxylation is 1. The summed E-state index contributed by atoms with van der Waals surface area (Å²) in [5.41, 5.74) is 3.02. The van der Waals surface area contributed by atoms with E-state index in [1.165, 1.54) is 0 Å². The zero-order valence-electron chi connectivity index (χ0n) is 14.2. The van der Waals surface area contributed by atoms with Crippen molar-refractivity contribution < 1.29 is 9.53 Å². The molecule has 0 aliphatic rings. The third-order valence-electron chi connectivity index (χ3n) is 4.08. The van der Waals surface area contributed by atoms with E-state index in [1.54, 1.807) is 25.1 Å². The topological polar surface area (TPSA) is 56.5 Å². The molecule has 124 valence electrons. The molecular formula is C18H19N3O2S. The molecule has 0 amide bonds. The predicted molar refractivity (Wildman–Crippen MR) is 95.3 cm³/mol. The van der Waals surface area contributed by atoms with Gasteiger partial charge in [0.15, 0.2) is 0 Å². The molecule has 2 heterocycles. The SMILES string of the molecule is CCc1c(OC)nc2nc(C(=O)c3ccc(SC)cc3)cn2c1C. The van der Waals surface area contributed by atoms with Crippen LogP contribution in [0.4, 0.5) is 0 Å². The Morgan fingerprint density at radius 2 is 1.96 bits per heavy atom. The summed E-state index contributed by atoms with van der Waals surface area (Å²) in [6.07, 6.45) is 4.56. The highest BCUT2D eigenvalue weighted by molar-refractivity contribution is 7.98. The van der Waals surface area contributed by atoms with Crippen LogP contribution in [-0.4, -0.2) is 33.5 Å². The van der Waals surface area contributed by atoms with Crippen LogP contribution in [0, 0.1) is 6.92 Å². The number of ether oxygens (including phenoxy) is 1. The second kappa shape index (κ2) is 6.65. The second-order valence-corrected chi connectivity index (χ2v) is 6.27. The number of nitrogens with zero attached hydrogens (tertiary/aromatic N) is 3. The molecule has 0 saturated carbocycles. The van der Waals surface area contributed by atoms with E-state index in [4.69, 9.17) is 4.74 Å². The number of benzene rings is 1. The largest absolute Gasteiger partial charge is 0.481 e. The Morgan fingerprint density at radius 1 is 1.25 bits per heavy atom. The van der Waals surface area contributed by atoms with Crippen molar-refractivity contribution in [2.75, 3.05) is 13.4 Å². The molecule has 3 aromatic rings. The van der Waals surface area contributed by atoms with Crippen molar-refractivity contribution in [2.24, 2.45) is 0 Å². The number of hydrogen-bond acceptors (Lipinski definition) is 5. The highest BCUT2D eigenvalue weighted by Gasteiger charge is 2.18. The van der Waals surface area contributed by atoms with Crippen LogP contribution in [0.25, 0.3) is 5.78 Å². The molecule has 0 aliphatic carbocycles. The molecule has 0 bridgehead atoms. The van der Waals surface area contributed by atoms with Crippen LogP contribution in [0.5, 0.6) is 5.88 Å². The molecule has 0 radical (unpaired) electrons. The lowest BCUT2D eigenvalue weighted by atomic mass is 10.1. The normalized spacial score (nSPS) is 11.0. The first-order valence-corrected chi connectivity index (χ1v) is 8.92. The minimum absolute atomic E-state index is 0.107. The maximum atomic E-state index is 12.7. The minimum Gasteiger partial charge on any atom is -0.481 e. The first-order valence-electron chi connectivity index (χ1n) is 7.70. The van der Waals surface area contributed by atoms with Crippen molar-refractivity contribution in [3.63, 3.8) is 0 Å². The van der Waals surface area contributed by atoms with Gasteiger partial charge in [0.2, 0.25) is 17.4 Å². The van der Waals surface area contributed by atoms with Gasteiger partial charge in [-0.3, -0.25) is 9.20 Å². The number of fused-ring (bicyclic) bond motifs is 1. The number of hydrogen-bond donors (Lipinski definition) is 0. The van der Waals surface area contributed by atoms with E-state index in [0.29, 0.717) is 22.9 Å². The smallest absolute Gasteiger partial charge is 0.237 e. The number of ketones is 1.